The lowest BCUT2D eigenvalue weighted by molar-refractivity contribution is -0.132. The van der Waals surface area contributed by atoms with Crippen molar-refractivity contribution < 1.29 is 14.7 Å². The molecule has 1 unspecified atom stereocenters. The first-order valence-corrected chi connectivity index (χ1v) is 10.6. The van der Waals surface area contributed by atoms with Crippen LogP contribution in [-0.4, -0.2) is 30.9 Å². The molecule has 1 aliphatic rings. The number of aliphatic hydroxyl groups is 1. The molecule has 4 rings (SSSR count). The Balaban J connectivity index is 1.93. The maximum absolute atomic E-state index is 13.2. The molecule has 0 spiro atoms. The van der Waals surface area contributed by atoms with E-state index in [1.807, 2.05) is 68.4 Å². The van der Waals surface area contributed by atoms with Crippen LogP contribution in [0.1, 0.15) is 22.7 Å². The summed E-state index contributed by atoms with van der Waals surface area (Å²) in [6, 6.07) is 20.8. The highest BCUT2D eigenvalue weighted by atomic mass is 35.5. The summed E-state index contributed by atoms with van der Waals surface area (Å²) in [6.45, 7) is 1.93. The number of Topliss-reactive ketones (excluding diaryl/α,β-unsaturated/α-hetero) is 1. The molecular weight excluding hydrogens is 424 g/mol. The maximum Gasteiger partial charge on any atom is 0.300 e. The van der Waals surface area contributed by atoms with E-state index < -0.39 is 17.7 Å². The van der Waals surface area contributed by atoms with Gasteiger partial charge in [0.25, 0.3) is 11.7 Å². The molecule has 1 aliphatic heterocycles. The predicted octanol–water partition coefficient (Wildman–Crippen LogP) is 5.34. The van der Waals surface area contributed by atoms with E-state index in [9.17, 15) is 14.7 Å². The van der Waals surface area contributed by atoms with Crippen molar-refractivity contribution in [3.63, 3.8) is 0 Å². The molecule has 1 amide bonds. The lowest BCUT2D eigenvalue weighted by Gasteiger charge is -2.26. The van der Waals surface area contributed by atoms with Crippen LogP contribution in [0.3, 0.4) is 0 Å². The van der Waals surface area contributed by atoms with Crippen molar-refractivity contribution in [1.82, 2.24) is 0 Å². The maximum atomic E-state index is 13.2. The molecule has 3 aromatic rings. The number of amides is 1. The summed E-state index contributed by atoms with van der Waals surface area (Å²) in [4.78, 5) is 29.8. The van der Waals surface area contributed by atoms with E-state index in [4.69, 9.17) is 11.6 Å². The highest BCUT2D eigenvalue weighted by molar-refractivity contribution is 6.51. The summed E-state index contributed by atoms with van der Waals surface area (Å²) >= 11 is 5.98. The zero-order chi connectivity index (χ0) is 23.0. The fraction of sp³-hybridized carbons (Fsp3) is 0.154. The van der Waals surface area contributed by atoms with Crippen LogP contribution in [0.2, 0.25) is 5.02 Å². The zero-order valence-corrected chi connectivity index (χ0v) is 18.8. The molecule has 0 radical (unpaired) electrons. The number of nitrogens with zero attached hydrogens (tertiary/aromatic N) is 2. The minimum atomic E-state index is -0.760. The number of hydrogen-bond donors (Lipinski definition) is 1. The third kappa shape index (κ3) is 3.87. The summed E-state index contributed by atoms with van der Waals surface area (Å²) < 4.78 is 0. The van der Waals surface area contributed by atoms with Gasteiger partial charge in [-0.1, -0.05) is 35.9 Å². The second-order valence-corrected chi connectivity index (χ2v) is 8.44. The zero-order valence-electron chi connectivity index (χ0n) is 18.0. The number of ketones is 1. The van der Waals surface area contributed by atoms with Gasteiger partial charge in [-0.3, -0.25) is 14.5 Å². The Morgan fingerprint density at radius 2 is 1.62 bits per heavy atom. The molecule has 1 atom stereocenters. The molecule has 162 valence electrons. The van der Waals surface area contributed by atoms with Gasteiger partial charge in [0, 0.05) is 36.1 Å². The monoisotopic (exact) mass is 446 g/mol. The average molecular weight is 447 g/mol. The van der Waals surface area contributed by atoms with Crippen molar-refractivity contribution in [2.45, 2.75) is 13.0 Å². The Bertz CT molecular complexity index is 1210. The van der Waals surface area contributed by atoms with Gasteiger partial charge in [-0.05, 0) is 66.6 Å². The Labute approximate surface area is 192 Å². The molecule has 1 N–H and O–H groups in total. The van der Waals surface area contributed by atoms with Gasteiger partial charge < -0.3 is 10.0 Å². The topological polar surface area (TPSA) is 60.9 Å². The average Bonchev–Trinajstić information content (AvgIpc) is 3.04. The minimum absolute atomic E-state index is 0.0523. The van der Waals surface area contributed by atoms with Gasteiger partial charge in [0.15, 0.2) is 0 Å². The van der Waals surface area contributed by atoms with Gasteiger partial charge in [0.2, 0.25) is 0 Å². The molecule has 1 heterocycles. The summed E-state index contributed by atoms with van der Waals surface area (Å²) in [6.07, 6.45) is 0. The van der Waals surface area contributed by atoms with Crippen molar-refractivity contribution in [2.24, 2.45) is 0 Å². The Morgan fingerprint density at radius 1 is 0.969 bits per heavy atom. The minimum Gasteiger partial charge on any atom is -0.507 e. The smallest absolute Gasteiger partial charge is 0.300 e. The largest absolute Gasteiger partial charge is 0.507 e. The second kappa shape index (κ2) is 8.52. The molecule has 0 aliphatic carbocycles. The summed E-state index contributed by atoms with van der Waals surface area (Å²) in [5.74, 6) is -1.62. The van der Waals surface area contributed by atoms with Crippen LogP contribution in [0.4, 0.5) is 11.4 Å². The van der Waals surface area contributed by atoms with Crippen molar-refractivity contribution in [3.8, 4) is 0 Å². The van der Waals surface area contributed by atoms with E-state index in [0.29, 0.717) is 16.3 Å². The molecule has 0 saturated carbocycles. The number of carbonyl (C=O) groups excluding carboxylic acids is 2. The molecule has 0 bridgehead atoms. The summed E-state index contributed by atoms with van der Waals surface area (Å²) in [5, 5.41) is 11.6. The SMILES string of the molecule is Cc1cccc(N2C(=O)C(=O)/C(=C(/O)c3ccc(Cl)cc3)C2c2ccc(N(C)C)cc2)c1. The van der Waals surface area contributed by atoms with Crippen LogP contribution in [0.5, 0.6) is 0 Å². The van der Waals surface area contributed by atoms with Crippen LogP contribution in [0.15, 0.2) is 78.4 Å². The fourth-order valence-electron chi connectivity index (χ4n) is 3.91. The highest BCUT2D eigenvalue weighted by Gasteiger charge is 2.47. The first-order valence-electron chi connectivity index (χ1n) is 10.2. The van der Waals surface area contributed by atoms with Crippen LogP contribution in [-0.2, 0) is 9.59 Å². The van der Waals surface area contributed by atoms with Gasteiger partial charge in [0.1, 0.15) is 5.76 Å². The lowest BCUT2D eigenvalue weighted by atomic mass is 9.95. The molecule has 6 heteroatoms. The fourth-order valence-corrected chi connectivity index (χ4v) is 4.04. The van der Waals surface area contributed by atoms with E-state index in [-0.39, 0.29) is 11.3 Å². The van der Waals surface area contributed by atoms with E-state index in [1.165, 1.54) is 4.90 Å². The van der Waals surface area contributed by atoms with Crippen molar-refractivity contribution in [1.29, 1.82) is 0 Å². The number of halogens is 1. The first kappa shape index (κ1) is 21.7. The number of anilines is 2. The van der Waals surface area contributed by atoms with Crippen molar-refractivity contribution in [3.05, 3.63) is 100 Å². The van der Waals surface area contributed by atoms with E-state index in [0.717, 1.165) is 16.8 Å². The van der Waals surface area contributed by atoms with E-state index in [1.54, 1.807) is 30.3 Å². The van der Waals surface area contributed by atoms with E-state index >= 15 is 0 Å². The van der Waals surface area contributed by atoms with Crippen LogP contribution < -0.4 is 9.80 Å². The molecule has 1 saturated heterocycles. The van der Waals surface area contributed by atoms with Crippen LogP contribution >= 0.6 is 11.6 Å². The van der Waals surface area contributed by atoms with Crippen molar-refractivity contribution >= 4 is 40.4 Å². The quantitative estimate of drug-likeness (QED) is 0.334. The summed E-state index contributed by atoms with van der Waals surface area (Å²) in [7, 11) is 3.88. The number of carbonyl (C=O) groups is 2. The number of hydrogen-bond acceptors (Lipinski definition) is 4. The predicted molar refractivity (Wildman–Crippen MR) is 128 cm³/mol. The van der Waals surface area contributed by atoms with Crippen LogP contribution in [0.25, 0.3) is 5.76 Å². The number of benzene rings is 3. The number of rotatable bonds is 4. The Kier molecular flexibility index (Phi) is 5.76. The third-order valence-corrected chi connectivity index (χ3v) is 5.82. The molecule has 3 aromatic carbocycles. The first-order chi connectivity index (χ1) is 15.3. The third-order valence-electron chi connectivity index (χ3n) is 5.57. The number of aliphatic hydroxyl groups excluding tert-OH is 1. The summed E-state index contributed by atoms with van der Waals surface area (Å²) in [5.41, 5.74) is 3.75. The van der Waals surface area contributed by atoms with Gasteiger partial charge >= 0.3 is 0 Å². The lowest BCUT2D eigenvalue weighted by Crippen LogP contribution is -2.29. The number of aryl methyl sites for hydroxylation is 1. The van der Waals surface area contributed by atoms with Gasteiger partial charge in [-0.2, -0.15) is 0 Å². The molecule has 32 heavy (non-hydrogen) atoms. The molecule has 0 aromatic heterocycles. The second-order valence-electron chi connectivity index (χ2n) is 8.00. The van der Waals surface area contributed by atoms with Gasteiger partial charge in [-0.15, -0.1) is 0 Å². The highest BCUT2D eigenvalue weighted by Crippen LogP contribution is 2.42. The van der Waals surface area contributed by atoms with Gasteiger partial charge in [-0.25, -0.2) is 0 Å². The Morgan fingerprint density at radius 3 is 2.22 bits per heavy atom. The van der Waals surface area contributed by atoms with Gasteiger partial charge in [0.05, 0.1) is 11.6 Å². The Hall–Kier alpha value is -3.57. The molecular formula is C26H23ClN2O3. The molecule has 1 fully saturated rings. The normalized spacial score (nSPS) is 17.6. The molecule has 5 nitrogen and oxygen atoms in total. The van der Waals surface area contributed by atoms with E-state index in [2.05, 4.69) is 0 Å². The van der Waals surface area contributed by atoms with Crippen LogP contribution in [0, 0.1) is 6.92 Å². The standard InChI is InChI=1S/C26H23ClN2O3/c1-16-5-4-6-21(15-16)29-23(17-9-13-20(14-10-17)28(2)3)22(25(31)26(29)32)24(30)18-7-11-19(27)12-8-18/h4-15,23,30H,1-3H3/b24-22+. The van der Waals surface area contributed by atoms with Crippen molar-refractivity contribution in [2.75, 3.05) is 23.9 Å².